The van der Waals surface area contributed by atoms with E-state index in [1.807, 2.05) is 41.8 Å². The minimum atomic E-state index is -0.526. The highest BCUT2D eigenvalue weighted by Gasteiger charge is 2.29. The van der Waals surface area contributed by atoms with Crippen LogP contribution in [0.25, 0.3) is 10.7 Å². The van der Waals surface area contributed by atoms with Crippen molar-refractivity contribution in [3.05, 3.63) is 47.7 Å². The lowest BCUT2D eigenvalue weighted by atomic mass is 10.2. The Morgan fingerprint density at radius 2 is 2.15 bits per heavy atom. The standard InChI is InChI=1S/C17H13N3O4S2/c21-15(8-13-17(22)18-10-4-1-2-5-11(10)26-13)23-9-14-19-16(20-24-14)12-6-3-7-25-12/h1-7,13H,8-9H2,(H,18,22)/t13-/m0/s1. The van der Waals surface area contributed by atoms with Gasteiger partial charge in [-0.25, -0.2) is 0 Å². The number of hydrogen-bond acceptors (Lipinski definition) is 8. The van der Waals surface area contributed by atoms with Crippen molar-refractivity contribution in [3.63, 3.8) is 0 Å². The highest BCUT2D eigenvalue weighted by Crippen LogP contribution is 2.36. The fourth-order valence-electron chi connectivity index (χ4n) is 2.40. The molecule has 4 rings (SSSR count). The molecule has 0 saturated heterocycles. The maximum absolute atomic E-state index is 12.1. The summed E-state index contributed by atoms with van der Waals surface area (Å²) in [4.78, 5) is 30.2. The van der Waals surface area contributed by atoms with E-state index in [4.69, 9.17) is 9.26 Å². The van der Waals surface area contributed by atoms with Gasteiger partial charge in [0.15, 0.2) is 6.61 Å². The van der Waals surface area contributed by atoms with Crippen molar-refractivity contribution in [3.8, 4) is 10.7 Å². The van der Waals surface area contributed by atoms with E-state index in [1.54, 1.807) is 0 Å². The molecule has 0 bridgehead atoms. The lowest BCUT2D eigenvalue weighted by Gasteiger charge is -2.23. The number of anilines is 1. The van der Waals surface area contributed by atoms with Crippen molar-refractivity contribution in [1.29, 1.82) is 0 Å². The Morgan fingerprint density at radius 1 is 1.27 bits per heavy atom. The fraction of sp³-hybridized carbons (Fsp3) is 0.176. The second-order valence-corrected chi connectivity index (χ2v) is 7.64. The van der Waals surface area contributed by atoms with Crippen LogP contribution in [-0.4, -0.2) is 27.3 Å². The molecule has 0 unspecified atom stereocenters. The summed E-state index contributed by atoms with van der Waals surface area (Å²) in [7, 11) is 0. The molecule has 1 aromatic carbocycles. The predicted octanol–water partition coefficient (Wildman–Crippen LogP) is 3.34. The van der Waals surface area contributed by atoms with Crippen LogP contribution in [-0.2, 0) is 20.9 Å². The van der Waals surface area contributed by atoms with Gasteiger partial charge < -0.3 is 14.6 Å². The number of amides is 1. The number of thioether (sulfide) groups is 1. The van der Waals surface area contributed by atoms with Crippen LogP contribution < -0.4 is 5.32 Å². The Balaban J connectivity index is 1.33. The monoisotopic (exact) mass is 387 g/mol. The van der Waals surface area contributed by atoms with Crippen molar-refractivity contribution < 1.29 is 18.8 Å². The van der Waals surface area contributed by atoms with Gasteiger partial charge in [-0.2, -0.15) is 4.98 Å². The predicted molar refractivity (Wildman–Crippen MR) is 96.7 cm³/mol. The van der Waals surface area contributed by atoms with Gasteiger partial charge in [0.2, 0.25) is 11.7 Å². The molecule has 1 N–H and O–H groups in total. The van der Waals surface area contributed by atoms with Crippen LogP contribution in [0.3, 0.4) is 0 Å². The SMILES string of the molecule is O=C(C[C@@H]1Sc2ccccc2NC1=O)OCc1nc(-c2cccs2)no1. The van der Waals surface area contributed by atoms with Crippen molar-refractivity contribution in [2.75, 3.05) is 5.32 Å². The molecule has 0 saturated carbocycles. The summed E-state index contributed by atoms with van der Waals surface area (Å²) in [6.45, 7) is -0.118. The second-order valence-electron chi connectivity index (χ2n) is 5.45. The molecule has 26 heavy (non-hydrogen) atoms. The molecule has 1 aliphatic heterocycles. The van der Waals surface area contributed by atoms with E-state index in [0.29, 0.717) is 5.82 Å². The number of benzene rings is 1. The molecule has 9 heteroatoms. The Morgan fingerprint density at radius 3 is 3.00 bits per heavy atom. The number of thiophene rings is 1. The normalized spacial score (nSPS) is 16.0. The number of para-hydroxylation sites is 1. The van der Waals surface area contributed by atoms with Crippen LogP contribution in [0.15, 0.2) is 51.2 Å². The van der Waals surface area contributed by atoms with E-state index in [2.05, 4.69) is 15.5 Å². The second kappa shape index (κ2) is 7.30. The Kier molecular flexibility index (Phi) is 4.72. The Hall–Kier alpha value is -2.65. The van der Waals surface area contributed by atoms with Gasteiger partial charge in [0, 0.05) is 4.90 Å². The number of ether oxygens (including phenoxy) is 1. The van der Waals surface area contributed by atoms with E-state index in [1.165, 1.54) is 23.1 Å². The number of nitrogens with zero attached hydrogens (tertiary/aromatic N) is 2. The topological polar surface area (TPSA) is 94.3 Å². The molecule has 1 atom stereocenters. The average Bonchev–Trinajstić information content (AvgIpc) is 3.32. The molecule has 7 nitrogen and oxygen atoms in total. The molecule has 1 aliphatic rings. The van der Waals surface area contributed by atoms with Crippen LogP contribution in [0.1, 0.15) is 12.3 Å². The zero-order valence-electron chi connectivity index (χ0n) is 13.4. The molecule has 2 aromatic heterocycles. The molecular weight excluding hydrogens is 374 g/mol. The van der Waals surface area contributed by atoms with Gasteiger partial charge >= 0.3 is 5.97 Å². The van der Waals surface area contributed by atoms with E-state index in [-0.39, 0.29) is 24.8 Å². The zero-order valence-corrected chi connectivity index (χ0v) is 15.0. The number of aromatic nitrogens is 2. The van der Waals surface area contributed by atoms with E-state index in [0.717, 1.165) is 15.5 Å². The number of rotatable bonds is 5. The number of esters is 1. The van der Waals surface area contributed by atoms with Gasteiger partial charge in [0.1, 0.15) is 0 Å². The number of carbonyl (C=O) groups is 2. The number of carbonyl (C=O) groups excluding carboxylic acids is 2. The molecular formula is C17H13N3O4S2. The summed E-state index contributed by atoms with van der Waals surface area (Å²) in [5.74, 6) is -0.0194. The van der Waals surface area contributed by atoms with Crippen LogP contribution >= 0.6 is 23.1 Å². The van der Waals surface area contributed by atoms with Crippen LogP contribution in [0.5, 0.6) is 0 Å². The third-order valence-corrected chi connectivity index (χ3v) is 5.77. The maximum Gasteiger partial charge on any atom is 0.307 e. The summed E-state index contributed by atoms with van der Waals surface area (Å²) in [6.07, 6.45) is -0.0310. The van der Waals surface area contributed by atoms with Gasteiger partial charge in [-0.1, -0.05) is 23.4 Å². The zero-order chi connectivity index (χ0) is 17.9. The van der Waals surface area contributed by atoms with E-state index < -0.39 is 11.2 Å². The summed E-state index contributed by atoms with van der Waals surface area (Å²) in [5.41, 5.74) is 0.763. The molecule has 3 aromatic rings. The first-order valence-corrected chi connectivity index (χ1v) is 9.53. The minimum absolute atomic E-state index is 0.0310. The van der Waals surface area contributed by atoms with Crippen LogP contribution in [0.2, 0.25) is 0 Å². The first kappa shape index (κ1) is 16.8. The van der Waals surface area contributed by atoms with Gasteiger partial charge in [-0.3, -0.25) is 9.59 Å². The smallest absolute Gasteiger partial charge is 0.307 e. The van der Waals surface area contributed by atoms with Crippen molar-refractivity contribution in [2.24, 2.45) is 0 Å². The summed E-state index contributed by atoms with van der Waals surface area (Å²) < 4.78 is 10.3. The number of nitrogens with one attached hydrogen (secondary N) is 1. The number of fused-ring (bicyclic) bond motifs is 1. The van der Waals surface area contributed by atoms with Gasteiger partial charge in [0.25, 0.3) is 5.89 Å². The largest absolute Gasteiger partial charge is 0.456 e. The Labute approximate surface area is 156 Å². The van der Waals surface area contributed by atoms with Crippen molar-refractivity contribution >= 4 is 40.7 Å². The highest BCUT2D eigenvalue weighted by molar-refractivity contribution is 8.01. The van der Waals surface area contributed by atoms with Gasteiger partial charge in [-0.05, 0) is 23.6 Å². The molecule has 0 aliphatic carbocycles. The molecule has 3 heterocycles. The molecule has 0 fully saturated rings. The molecule has 132 valence electrons. The third-order valence-electron chi connectivity index (χ3n) is 3.62. The summed E-state index contributed by atoms with van der Waals surface area (Å²) in [6, 6.07) is 11.2. The third kappa shape index (κ3) is 3.63. The van der Waals surface area contributed by atoms with E-state index >= 15 is 0 Å². The minimum Gasteiger partial charge on any atom is -0.456 e. The van der Waals surface area contributed by atoms with Crippen LogP contribution in [0, 0.1) is 0 Å². The Bertz CT molecular complexity index is 939. The summed E-state index contributed by atoms with van der Waals surface area (Å²) in [5, 5.41) is 8.04. The fourth-order valence-corrected chi connectivity index (χ4v) is 4.14. The van der Waals surface area contributed by atoms with Gasteiger partial charge in [-0.15, -0.1) is 23.1 Å². The van der Waals surface area contributed by atoms with E-state index in [9.17, 15) is 9.59 Å². The average molecular weight is 387 g/mol. The number of hydrogen-bond donors (Lipinski definition) is 1. The first-order valence-electron chi connectivity index (χ1n) is 7.77. The lowest BCUT2D eigenvalue weighted by Crippen LogP contribution is -2.31. The first-order chi connectivity index (χ1) is 12.7. The highest BCUT2D eigenvalue weighted by atomic mass is 32.2. The lowest BCUT2D eigenvalue weighted by molar-refractivity contribution is -0.146. The quantitative estimate of drug-likeness (QED) is 0.671. The van der Waals surface area contributed by atoms with Crippen LogP contribution in [0.4, 0.5) is 5.69 Å². The molecule has 0 radical (unpaired) electrons. The molecule has 0 spiro atoms. The van der Waals surface area contributed by atoms with Gasteiger partial charge in [0.05, 0.1) is 22.2 Å². The summed E-state index contributed by atoms with van der Waals surface area (Å²) >= 11 is 2.85. The molecule has 1 amide bonds. The van der Waals surface area contributed by atoms with Crippen molar-refractivity contribution in [2.45, 2.75) is 23.2 Å². The maximum atomic E-state index is 12.1. The van der Waals surface area contributed by atoms with Crippen molar-refractivity contribution in [1.82, 2.24) is 10.1 Å².